The third kappa shape index (κ3) is 4.44. The van der Waals surface area contributed by atoms with Gasteiger partial charge < -0.3 is 19.0 Å². The van der Waals surface area contributed by atoms with Crippen molar-refractivity contribution in [3.05, 3.63) is 74.1 Å². The molecule has 1 aromatic heterocycles. The zero-order chi connectivity index (χ0) is 24.6. The van der Waals surface area contributed by atoms with Crippen LogP contribution < -0.4 is 10.2 Å². The fraction of sp³-hybridized carbons (Fsp3) is 0.407. The Bertz CT molecular complexity index is 1280. The first-order chi connectivity index (χ1) is 16.2. The Morgan fingerprint density at radius 1 is 1.15 bits per heavy atom. The molecule has 1 unspecified atom stereocenters. The minimum atomic E-state index is -0.561. The van der Waals surface area contributed by atoms with E-state index in [1.807, 2.05) is 45.0 Å². The molecule has 1 aliphatic rings. The van der Waals surface area contributed by atoms with Crippen molar-refractivity contribution < 1.29 is 13.9 Å². The lowest BCUT2D eigenvalue weighted by Crippen LogP contribution is -2.37. The molecule has 0 radical (unpaired) electrons. The fourth-order valence-corrected chi connectivity index (χ4v) is 4.70. The van der Waals surface area contributed by atoms with Gasteiger partial charge in [-0.3, -0.25) is 9.59 Å². The molecule has 0 saturated heterocycles. The molecular formula is C27H31ClN2O4. The number of nitrogens with zero attached hydrogens (tertiary/aromatic N) is 2. The molecule has 0 aliphatic carbocycles. The quantitative estimate of drug-likeness (QED) is 0.428. The van der Waals surface area contributed by atoms with E-state index in [-0.39, 0.29) is 23.2 Å². The van der Waals surface area contributed by atoms with Crippen LogP contribution in [0.4, 0.5) is 0 Å². The summed E-state index contributed by atoms with van der Waals surface area (Å²) in [5.74, 6) is 0.536. The van der Waals surface area contributed by atoms with Gasteiger partial charge in [0.15, 0.2) is 5.43 Å². The van der Waals surface area contributed by atoms with Crippen LogP contribution in [-0.2, 0) is 0 Å². The molecule has 2 aromatic carbocycles. The number of rotatable bonds is 8. The van der Waals surface area contributed by atoms with Gasteiger partial charge in [0.2, 0.25) is 5.76 Å². The van der Waals surface area contributed by atoms with Crippen molar-refractivity contribution in [3.8, 4) is 5.75 Å². The molecule has 0 saturated carbocycles. The SMILES string of the molecule is CCN(CC)CCN1C(=O)c2oc3cc(C)c(Cl)cc3c(=O)c2C1c1cccc(OC(C)C)c1. The van der Waals surface area contributed by atoms with Crippen molar-refractivity contribution in [1.29, 1.82) is 0 Å². The predicted octanol–water partition coefficient (Wildman–Crippen LogP) is 5.43. The van der Waals surface area contributed by atoms with Crippen LogP contribution in [0.15, 0.2) is 45.6 Å². The van der Waals surface area contributed by atoms with E-state index >= 15 is 0 Å². The van der Waals surface area contributed by atoms with Gasteiger partial charge in [0.25, 0.3) is 5.91 Å². The van der Waals surface area contributed by atoms with E-state index < -0.39 is 6.04 Å². The lowest BCUT2D eigenvalue weighted by molar-refractivity contribution is 0.0707. The summed E-state index contributed by atoms with van der Waals surface area (Å²) < 4.78 is 12.0. The Labute approximate surface area is 205 Å². The summed E-state index contributed by atoms with van der Waals surface area (Å²) in [7, 11) is 0. The topological polar surface area (TPSA) is 63.0 Å². The molecule has 3 aromatic rings. The highest BCUT2D eigenvalue weighted by atomic mass is 35.5. The minimum Gasteiger partial charge on any atom is -0.491 e. The molecule has 0 fully saturated rings. The lowest BCUT2D eigenvalue weighted by atomic mass is 9.98. The second-order valence-electron chi connectivity index (χ2n) is 8.94. The first-order valence-corrected chi connectivity index (χ1v) is 12.2. The summed E-state index contributed by atoms with van der Waals surface area (Å²) in [6, 6.07) is 10.4. The molecular weight excluding hydrogens is 452 g/mol. The smallest absolute Gasteiger partial charge is 0.290 e. The average Bonchev–Trinajstić information content (AvgIpc) is 3.08. The number of halogens is 1. The number of ether oxygens (including phenoxy) is 1. The molecule has 0 bridgehead atoms. The number of aryl methyl sites for hydroxylation is 1. The van der Waals surface area contributed by atoms with Crippen molar-refractivity contribution in [1.82, 2.24) is 9.80 Å². The van der Waals surface area contributed by atoms with E-state index in [9.17, 15) is 9.59 Å². The highest BCUT2D eigenvalue weighted by Crippen LogP contribution is 2.39. The van der Waals surface area contributed by atoms with E-state index in [0.717, 1.165) is 24.2 Å². The lowest BCUT2D eigenvalue weighted by Gasteiger charge is -2.28. The van der Waals surface area contributed by atoms with Gasteiger partial charge in [0.05, 0.1) is 23.1 Å². The molecule has 1 aliphatic heterocycles. The van der Waals surface area contributed by atoms with Crippen LogP contribution in [0.5, 0.6) is 5.75 Å². The summed E-state index contributed by atoms with van der Waals surface area (Å²) in [5, 5.41) is 0.874. The molecule has 7 heteroatoms. The summed E-state index contributed by atoms with van der Waals surface area (Å²) in [5.41, 5.74) is 2.11. The van der Waals surface area contributed by atoms with Gasteiger partial charge in [-0.05, 0) is 69.3 Å². The fourth-order valence-electron chi connectivity index (χ4n) is 4.54. The van der Waals surface area contributed by atoms with Crippen LogP contribution in [0.25, 0.3) is 11.0 Å². The highest BCUT2D eigenvalue weighted by Gasteiger charge is 2.42. The summed E-state index contributed by atoms with van der Waals surface area (Å²) >= 11 is 6.33. The first kappa shape index (κ1) is 24.3. The van der Waals surface area contributed by atoms with Crippen molar-refractivity contribution >= 4 is 28.5 Å². The summed E-state index contributed by atoms with van der Waals surface area (Å²) in [6.45, 7) is 12.9. The molecule has 1 amide bonds. The normalized spacial score (nSPS) is 15.6. The molecule has 0 spiro atoms. The van der Waals surface area contributed by atoms with E-state index in [0.29, 0.717) is 40.4 Å². The first-order valence-electron chi connectivity index (χ1n) is 11.8. The Morgan fingerprint density at radius 2 is 1.88 bits per heavy atom. The molecule has 34 heavy (non-hydrogen) atoms. The van der Waals surface area contributed by atoms with E-state index in [2.05, 4.69) is 18.7 Å². The van der Waals surface area contributed by atoms with Crippen molar-refractivity contribution in [2.24, 2.45) is 0 Å². The molecule has 1 atom stereocenters. The zero-order valence-corrected chi connectivity index (χ0v) is 21.1. The van der Waals surface area contributed by atoms with Gasteiger partial charge in [-0.15, -0.1) is 0 Å². The summed E-state index contributed by atoms with van der Waals surface area (Å²) in [4.78, 5) is 31.3. The third-order valence-corrected chi connectivity index (χ3v) is 6.75. The number of carbonyl (C=O) groups excluding carboxylic acids is 1. The second-order valence-corrected chi connectivity index (χ2v) is 9.35. The average molecular weight is 483 g/mol. The zero-order valence-electron chi connectivity index (χ0n) is 20.4. The number of likely N-dealkylation sites (N-methyl/N-ethyl adjacent to an activating group) is 1. The minimum absolute atomic E-state index is 0.00547. The van der Waals surface area contributed by atoms with Crippen molar-refractivity contribution in [2.45, 2.75) is 46.8 Å². The monoisotopic (exact) mass is 482 g/mol. The Hall–Kier alpha value is -2.83. The van der Waals surface area contributed by atoms with Gasteiger partial charge in [-0.2, -0.15) is 0 Å². The molecule has 2 heterocycles. The molecule has 180 valence electrons. The maximum absolute atomic E-state index is 13.7. The largest absolute Gasteiger partial charge is 0.491 e. The number of carbonyl (C=O) groups is 1. The number of fused-ring (bicyclic) bond motifs is 2. The van der Waals surface area contributed by atoms with Gasteiger partial charge >= 0.3 is 0 Å². The van der Waals surface area contributed by atoms with Crippen LogP contribution in [-0.4, -0.2) is 48.0 Å². The van der Waals surface area contributed by atoms with Gasteiger partial charge in [0.1, 0.15) is 11.3 Å². The molecule has 0 N–H and O–H groups in total. The maximum Gasteiger partial charge on any atom is 0.290 e. The number of benzene rings is 2. The van der Waals surface area contributed by atoms with Crippen LogP contribution in [0.2, 0.25) is 5.02 Å². The number of hydrogen-bond acceptors (Lipinski definition) is 5. The Morgan fingerprint density at radius 3 is 2.56 bits per heavy atom. The molecule has 4 rings (SSSR count). The Kier molecular flexibility index (Phi) is 7.01. The van der Waals surface area contributed by atoms with Gasteiger partial charge in [-0.25, -0.2) is 0 Å². The second kappa shape index (κ2) is 9.80. The van der Waals surface area contributed by atoms with Crippen LogP contribution in [0, 0.1) is 6.92 Å². The van der Waals surface area contributed by atoms with Crippen LogP contribution >= 0.6 is 11.6 Å². The number of hydrogen-bond donors (Lipinski definition) is 0. The number of amides is 1. The highest BCUT2D eigenvalue weighted by molar-refractivity contribution is 6.32. The van der Waals surface area contributed by atoms with Gasteiger partial charge in [-0.1, -0.05) is 37.6 Å². The standard InChI is InChI=1S/C27H31ClN2O4/c1-6-29(7-2)11-12-30-24(18-9-8-10-19(14-18)33-16(3)4)23-25(31)20-15-21(28)17(5)13-22(20)34-26(23)27(30)32/h8-10,13-16,24H,6-7,11-12H2,1-5H3. The maximum atomic E-state index is 13.7. The van der Waals surface area contributed by atoms with Crippen LogP contribution in [0.1, 0.15) is 61.0 Å². The van der Waals surface area contributed by atoms with E-state index in [1.54, 1.807) is 17.0 Å². The van der Waals surface area contributed by atoms with Gasteiger partial charge in [0, 0.05) is 18.1 Å². The van der Waals surface area contributed by atoms with Crippen molar-refractivity contribution in [3.63, 3.8) is 0 Å². The molecule has 6 nitrogen and oxygen atoms in total. The predicted molar refractivity (Wildman–Crippen MR) is 135 cm³/mol. The third-order valence-electron chi connectivity index (χ3n) is 6.34. The summed E-state index contributed by atoms with van der Waals surface area (Å²) in [6.07, 6.45) is 0.00547. The van der Waals surface area contributed by atoms with E-state index in [1.165, 1.54) is 0 Å². The van der Waals surface area contributed by atoms with Crippen LogP contribution in [0.3, 0.4) is 0 Å². The van der Waals surface area contributed by atoms with Crippen molar-refractivity contribution in [2.75, 3.05) is 26.2 Å². The Balaban J connectivity index is 1.88. The van der Waals surface area contributed by atoms with E-state index in [4.69, 9.17) is 20.8 Å².